The van der Waals surface area contributed by atoms with Gasteiger partial charge >= 0.3 is 5.97 Å². The minimum absolute atomic E-state index is 0.0144. The number of hydrogen-bond acceptors (Lipinski definition) is 5. The largest absolute Gasteiger partial charge is 0.462 e. The second-order valence-corrected chi connectivity index (χ2v) is 14.4. The molecule has 0 amide bonds. The van der Waals surface area contributed by atoms with E-state index in [0.717, 1.165) is 49.7 Å². The number of rotatable bonds is 17. The fourth-order valence-electron chi connectivity index (χ4n) is 8.00. The zero-order valence-corrected chi connectivity index (χ0v) is 29.3. The smallest absolute Gasteiger partial charge is 0.335 e. The van der Waals surface area contributed by atoms with Crippen LogP contribution < -0.4 is 0 Å². The second kappa shape index (κ2) is 18.8. The van der Waals surface area contributed by atoms with E-state index in [1.807, 2.05) is 0 Å². The standard InChI is InChI=1S/C41H52F4O5/c1-4-5-6-7-27-8-10-28(11-9-27)29-12-14-30(15-13-29)32-18-34(42)40(35(43)19-32)33-20-36(44)39(37(45)21-33)31(16-17-38(48)25(2)22-46)24-50-41(49)26(3)23-47/h18-21,27-31,46-47H,2-17,22-24H2,1H3. The van der Waals surface area contributed by atoms with Gasteiger partial charge in [0.05, 0.1) is 31.0 Å². The third-order valence-electron chi connectivity index (χ3n) is 11.1. The van der Waals surface area contributed by atoms with E-state index >= 15 is 17.6 Å². The predicted molar refractivity (Wildman–Crippen MR) is 186 cm³/mol. The molecule has 2 aliphatic carbocycles. The summed E-state index contributed by atoms with van der Waals surface area (Å²) >= 11 is 0. The van der Waals surface area contributed by atoms with Gasteiger partial charge in [0, 0.05) is 23.5 Å². The Morgan fingerprint density at radius 1 is 0.800 bits per heavy atom. The Kier molecular flexibility index (Phi) is 14.8. The number of ether oxygens (including phenoxy) is 1. The number of carbonyl (C=O) groups is 2. The highest BCUT2D eigenvalue weighted by Gasteiger charge is 2.32. The lowest BCUT2D eigenvalue weighted by Crippen LogP contribution is -2.25. The maximum absolute atomic E-state index is 15.6. The molecular formula is C41H52F4O5. The van der Waals surface area contributed by atoms with E-state index in [2.05, 4.69) is 20.1 Å². The molecule has 0 radical (unpaired) electrons. The Morgan fingerprint density at radius 3 is 1.90 bits per heavy atom. The fourth-order valence-corrected chi connectivity index (χ4v) is 8.00. The number of aliphatic hydroxyl groups is 2. The van der Waals surface area contributed by atoms with E-state index in [4.69, 9.17) is 9.84 Å². The summed E-state index contributed by atoms with van der Waals surface area (Å²) in [6.07, 6.45) is 13.7. The maximum Gasteiger partial charge on any atom is 0.335 e. The Labute approximate surface area is 293 Å². The molecule has 0 spiro atoms. The van der Waals surface area contributed by atoms with Gasteiger partial charge in [-0.3, -0.25) is 4.79 Å². The molecule has 2 saturated carbocycles. The van der Waals surface area contributed by atoms with E-state index in [9.17, 15) is 14.7 Å². The van der Waals surface area contributed by atoms with E-state index in [1.165, 1.54) is 63.5 Å². The molecule has 50 heavy (non-hydrogen) atoms. The van der Waals surface area contributed by atoms with E-state index in [1.54, 1.807) is 0 Å². The molecule has 1 atom stereocenters. The third-order valence-corrected chi connectivity index (χ3v) is 11.1. The van der Waals surface area contributed by atoms with Gasteiger partial charge in [-0.05, 0) is 104 Å². The number of ketones is 1. The number of hydrogen-bond donors (Lipinski definition) is 2. The van der Waals surface area contributed by atoms with E-state index in [0.29, 0.717) is 11.5 Å². The molecular weight excluding hydrogens is 648 g/mol. The van der Waals surface area contributed by atoms with Crippen molar-refractivity contribution in [2.45, 2.75) is 109 Å². The minimum atomic E-state index is -1.18. The van der Waals surface area contributed by atoms with Crippen LogP contribution in [0.3, 0.4) is 0 Å². The van der Waals surface area contributed by atoms with Gasteiger partial charge in [-0.2, -0.15) is 0 Å². The van der Waals surface area contributed by atoms with Crippen molar-refractivity contribution in [3.8, 4) is 11.1 Å². The number of carbonyl (C=O) groups excluding carboxylic acids is 2. The molecule has 0 saturated heterocycles. The summed E-state index contributed by atoms with van der Waals surface area (Å²) in [5.74, 6) is -4.54. The number of esters is 1. The molecule has 0 aliphatic heterocycles. The van der Waals surface area contributed by atoms with E-state index < -0.39 is 71.9 Å². The zero-order chi connectivity index (χ0) is 36.4. The van der Waals surface area contributed by atoms with Gasteiger partial charge in [0.15, 0.2) is 5.78 Å². The summed E-state index contributed by atoms with van der Waals surface area (Å²) in [6.45, 7) is 7.21. The molecule has 2 aromatic carbocycles. The van der Waals surface area contributed by atoms with Crippen molar-refractivity contribution in [2.75, 3.05) is 19.8 Å². The van der Waals surface area contributed by atoms with Gasteiger partial charge in [-0.25, -0.2) is 22.4 Å². The van der Waals surface area contributed by atoms with Gasteiger partial charge in [-0.1, -0.05) is 58.6 Å². The van der Waals surface area contributed by atoms with Crippen molar-refractivity contribution in [1.82, 2.24) is 0 Å². The van der Waals surface area contributed by atoms with Crippen molar-refractivity contribution in [3.05, 3.63) is 83.0 Å². The first kappa shape index (κ1) is 39.5. The monoisotopic (exact) mass is 700 g/mol. The SMILES string of the molecule is C=C(CO)C(=O)CCC(COC(=O)C(=C)CO)c1c(F)cc(-c2c(F)cc(C3CCC(C4CCC(CCCCC)CC4)CC3)cc2F)cc1F. The molecule has 2 aromatic rings. The maximum atomic E-state index is 15.6. The Hall–Kier alpha value is -3.30. The Morgan fingerprint density at radius 2 is 1.36 bits per heavy atom. The molecule has 2 aliphatic rings. The van der Waals surface area contributed by atoms with Crippen LogP contribution in [0.2, 0.25) is 0 Å². The number of unbranched alkanes of at least 4 members (excludes halogenated alkanes) is 2. The lowest BCUT2D eigenvalue weighted by molar-refractivity contribution is -0.140. The average molecular weight is 701 g/mol. The van der Waals surface area contributed by atoms with Crippen LogP contribution >= 0.6 is 0 Å². The summed E-state index contributed by atoms with van der Waals surface area (Å²) in [5.41, 5.74) is -1.21. The minimum Gasteiger partial charge on any atom is -0.462 e. The van der Waals surface area contributed by atoms with Crippen LogP contribution in [0.5, 0.6) is 0 Å². The van der Waals surface area contributed by atoms with Crippen LogP contribution in [0.15, 0.2) is 48.6 Å². The van der Waals surface area contributed by atoms with Crippen LogP contribution in [-0.4, -0.2) is 41.8 Å². The zero-order valence-electron chi connectivity index (χ0n) is 29.3. The van der Waals surface area contributed by atoms with Gasteiger partial charge in [0.1, 0.15) is 23.3 Å². The molecule has 0 heterocycles. The molecule has 274 valence electrons. The Balaban J connectivity index is 1.46. The molecule has 0 aromatic heterocycles. The summed E-state index contributed by atoms with van der Waals surface area (Å²) in [7, 11) is 0. The number of halogens is 4. The van der Waals surface area contributed by atoms with Gasteiger partial charge in [0.2, 0.25) is 0 Å². The van der Waals surface area contributed by atoms with Crippen molar-refractivity contribution in [3.63, 3.8) is 0 Å². The van der Waals surface area contributed by atoms with Crippen molar-refractivity contribution in [2.24, 2.45) is 17.8 Å². The average Bonchev–Trinajstić information content (AvgIpc) is 3.11. The molecule has 9 heteroatoms. The first-order valence-corrected chi connectivity index (χ1v) is 18.2. The lowest BCUT2D eigenvalue weighted by atomic mass is 9.68. The lowest BCUT2D eigenvalue weighted by Gasteiger charge is -2.38. The normalized spacial score (nSPS) is 21.4. The summed E-state index contributed by atoms with van der Waals surface area (Å²) < 4.78 is 67.5. The summed E-state index contributed by atoms with van der Waals surface area (Å²) in [6, 6.07) is 4.23. The van der Waals surface area contributed by atoms with Crippen molar-refractivity contribution >= 4 is 11.8 Å². The number of aliphatic hydroxyl groups excluding tert-OH is 2. The number of Topliss-reactive ketones (excluding diaryl/α,β-unsaturated/α-hetero) is 1. The molecule has 5 nitrogen and oxygen atoms in total. The highest BCUT2D eigenvalue weighted by Crippen LogP contribution is 2.45. The highest BCUT2D eigenvalue weighted by molar-refractivity contribution is 5.94. The van der Waals surface area contributed by atoms with Crippen LogP contribution in [-0.2, 0) is 14.3 Å². The molecule has 4 rings (SSSR count). The predicted octanol–water partition coefficient (Wildman–Crippen LogP) is 9.64. The van der Waals surface area contributed by atoms with Crippen molar-refractivity contribution in [1.29, 1.82) is 0 Å². The van der Waals surface area contributed by atoms with E-state index in [-0.39, 0.29) is 35.5 Å². The third kappa shape index (κ3) is 10.2. The summed E-state index contributed by atoms with van der Waals surface area (Å²) in [5, 5.41) is 18.4. The topological polar surface area (TPSA) is 83.8 Å². The quantitative estimate of drug-likeness (QED) is 0.0744. The Bertz CT molecular complexity index is 1430. The fraction of sp³-hybridized carbons (Fsp3) is 0.561. The molecule has 1 unspecified atom stereocenters. The van der Waals surface area contributed by atoms with Crippen LogP contribution in [0.4, 0.5) is 17.6 Å². The van der Waals surface area contributed by atoms with Crippen molar-refractivity contribution < 1.29 is 42.1 Å². The number of benzene rings is 2. The van der Waals surface area contributed by atoms with Crippen LogP contribution in [0, 0.1) is 41.0 Å². The van der Waals surface area contributed by atoms with Crippen LogP contribution in [0.25, 0.3) is 11.1 Å². The molecule has 2 N–H and O–H groups in total. The molecule has 2 fully saturated rings. The van der Waals surface area contributed by atoms with Gasteiger partial charge in [0.25, 0.3) is 0 Å². The molecule has 0 bridgehead atoms. The van der Waals surface area contributed by atoms with Gasteiger partial charge < -0.3 is 14.9 Å². The second-order valence-electron chi connectivity index (χ2n) is 14.4. The summed E-state index contributed by atoms with van der Waals surface area (Å²) in [4.78, 5) is 24.4. The first-order valence-electron chi connectivity index (χ1n) is 18.2. The van der Waals surface area contributed by atoms with Gasteiger partial charge in [-0.15, -0.1) is 0 Å². The van der Waals surface area contributed by atoms with Crippen LogP contribution in [0.1, 0.15) is 120 Å². The highest BCUT2D eigenvalue weighted by atomic mass is 19.1. The first-order chi connectivity index (χ1) is 24.0.